The van der Waals surface area contributed by atoms with Gasteiger partial charge in [-0.05, 0) is 31.2 Å². The predicted octanol–water partition coefficient (Wildman–Crippen LogP) is 3.86. The van der Waals surface area contributed by atoms with Crippen LogP contribution in [0.2, 0.25) is 0 Å². The molecule has 1 aromatic rings. The normalized spacial score (nSPS) is 13.1. The highest BCUT2D eigenvalue weighted by atomic mass is 32.2. The first-order valence-electron chi connectivity index (χ1n) is 5.61. The molecule has 2 heteroatoms. The minimum atomic E-state index is 0.489. The molecule has 0 saturated heterocycles. The van der Waals surface area contributed by atoms with Crippen LogP contribution in [0.3, 0.4) is 0 Å². The lowest BCUT2D eigenvalue weighted by atomic mass is 10.1. The van der Waals surface area contributed by atoms with Gasteiger partial charge in [-0.3, -0.25) is 0 Å². The van der Waals surface area contributed by atoms with Crippen molar-refractivity contribution in [1.29, 1.82) is 0 Å². The average molecular weight is 223 g/mol. The number of hydrogen-bond donors (Lipinski definition) is 1. The maximum atomic E-state index is 3.32. The quantitative estimate of drug-likeness (QED) is 0.761. The van der Waals surface area contributed by atoms with Crippen molar-refractivity contribution in [3.63, 3.8) is 0 Å². The molecule has 0 spiro atoms. The standard InChI is InChI=1S/C13H21NS/c1-5-13(14-4)11-6-8-12(9-7-11)15-10(2)3/h6-10,13-14H,5H2,1-4H3. The lowest BCUT2D eigenvalue weighted by Gasteiger charge is -2.14. The number of thioether (sulfide) groups is 1. The largest absolute Gasteiger partial charge is 0.313 e. The highest BCUT2D eigenvalue weighted by Gasteiger charge is 2.06. The third-order valence-electron chi connectivity index (χ3n) is 2.41. The van der Waals surface area contributed by atoms with E-state index in [-0.39, 0.29) is 0 Å². The summed E-state index contributed by atoms with van der Waals surface area (Å²) >= 11 is 1.91. The Labute approximate surface area is 97.7 Å². The molecule has 1 rings (SSSR count). The summed E-state index contributed by atoms with van der Waals surface area (Å²) in [4.78, 5) is 1.36. The molecule has 0 aliphatic carbocycles. The van der Waals surface area contributed by atoms with Gasteiger partial charge in [0.05, 0.1) is 0 Å². The minimum Gasteiger partial charge on any atom is -0.313 e. The van der Waals surface area contributed by atoms with Crippen LogP contribution >= 0.6 is 11.8 Å². The van der Waals surface area contributed by atoms with Crippen molar-refractivity contribution in [3.8, 4) is 0 Å². The molecule has 0 aliphatic rings. The van der Waals surface area contributed by atoms with Gasteiger partial charge in [0.2, 0.25) is 0 Å². The number of rotatable bonds is 5. The first-order valence-corrected chi connectivity index (χ1v) is 6.49. The average Bonchev–Trinajstić information content (AvgIpc) is 2.21. The summed E-state index contributed by atoms with van der Waals surface area (Å²) in [7, 11) is 2.02. The fraction of sp³-hybridized carbons (Fsp3) is 0.538. The van der Waals surface area contributed by atoms with Crippen molar-refractivity contribution in [3.05, 3.63) is 29.8 Å². The first-order chi connectivity index (χ1) is 7.17. The maximum Gasteiger partial charge on any atom is 0.0314 e. The molecule has 0 radical (unpaired) electrons. The summed E-state index contributed by atoms with van der Waals surface area (Å²) in [6, 6.07) is 9.40. The molecule has 0 aromatic heterocycles. The monoisotopic (exact) mass is 223 g/mol. The number of benzene rings is 1. The Bertz CT molecular complexity index is 275. The van der Waals surface area contributed by atoms with E-state index in [2.05, 4.69) is 50.4 Å². The third-order valence-corrected chi connectivity index (χ3v) is 3.43. The van der Waals surface area contributed by atoms with Gasteiger partial charge in [-0.15, -0.1) is 11.8 Å². The molecule has 0 amide bonds. The summed E-state index contributed by atoms with van der Waals surface area (Å²) in [5.74, 6) is 0. The molecule has 0 fully saturated rings. The van der Waals surface area contributed by atoms with Crippen LogP contribution in [-0.4, -0.2) is 12.3 Å². The summed E-state index contributed by atoms with van der Waals surface area (Å²) in [5, 5.41) is 3.98. The smallest absolute Gasteiger partial charge is 0.0314 e. The van der Waals surface area contributed by atoms with E-state index in [9.17, 15) is 0 Å². The Hall–Kier alpha value is -0.470. The SMILES string of the molecule is CCC(NC)c1ccc(SC(C)C)cc1. The zero-order valence-electron chi connectivity index (χ0n) is 10.1. The van der Waals surface area contributed by atoms with E-state index in [1.165, 1.54) is 10.5 Å². The Morgan fingerprint density at radius 1 is 1.20 bits per heavy atom. The molecule has 1 atom stereocenters. The molecule has 1 N–H and O–H groups in total. The van der Waals surface area contributed by atoms with Gasteiger partial charge in [0, 0.05) is 16.2 Å². The second-order valence-electron chi connectivity index (χ2n) is 3.99. The van der Waals surface area contributed by atoms with E-state index in [4.69, 9.17) is 0 Å². The highest BCUT2D eigenvalue weighted by Crippen LogP contribution is 2.25. The molecule has 0 bridgehead atoms. The first kappa shape index (κ1) is 12.6. The maximum absolute atomic E-state index is 3.32. The molecule has 84 valence electrons. The van der Waals surface area contributed by atoms with E-state index in [0.29, 0.717) is 11.3 Å². The number of nitrogens with one attached hydrogen (secondary N) is 1. The van der Waals surface area contributed by atoms with Crippen LogP contribution in [0.15, 0.2) is 29.2 Å². The van der Waals surface area contributed by atoms with Gasteiger partial charge in [0.1, 0.15) is 0 Å². The van der Waals surface area contributed by atoms with Gasteiger partial charge in [0.25, 0.3) is 0 Å². The summed E-state index contributed by atoms with van der Waals surface area (Å²) in [5.41, 5.74) is 1.38. The molecule has 1 aromatic carbocycles. The van der Waals surface area contributed by atoms with Crippen molar-refractivity contribution < 1.29 is 0 Å². The molecular formula is C13H21NS. The van der Waals surface area contributed by atoms with Gasteiger partial charge in [-0.1, -0.05) is 32.9 Å². The molecule has 0 saturated carbocycles. The van der Waals surface area contributed by atoms with E-state index < -0.39 is 0 Å². The van der Waals surface area contributed by atoms with Gasteiger partial charge < -0.3 is 5.32 Å². The highest BCUT2D eigenvalue weighted by molar-refractivity contribution is 7.99. The lowest BCUT2D eigenvalue weighted by Crippen LogP contribution is -2.14. The zero-order chi connectivity index (χ0) is 11.3. The van der Waals surface area contributed by atoms with Crippen molar-refractivity contribution >= 4 is 11.8 Å². The predicted molar refractivity (Wildman–Crippen MR) is 69.5 cm³/mol. The Morgan fingerprint density at radius 3 is 2.20 bits per heavy atom. The summed E-state index contributed by atoms with van der Waals surface area (Å²) < 4.78 is 0. The molecule has 0 aliphatic heterocycles. The van der Waals surface area contributed by atoms with Gasteiger partial charge in [-0.25, -0.2) is 0 Å². The van der Waals surface area contributed by atoms with Crippen LogP contribution in [0.5, 0.6) is 0 Å². The fourth-order valence-electron chi connectivity index (χ4n) is 1.66. The summed E-state index contributed by atoms with van der Waals surface area (Å²) in [6.07, 6.45) is 1.13. The summed E-state index contributed by atoms with van der Waals surface area (Å²) in [6.45, 7) is 6.65. The Kier molecular flexibility index (Phi) is 5.20. The molecule has 15 heavy (non-hydrogen) atoms. The van der Waals surface area contributed by atoms with Gasteiger partial charge >= 0.3 is 0 Å². The van der Waals surface area contributed by atoms with Crippen LogP contribution < -0.4 is 5.32 Å². The number of hydrogen-bond acceptors (Lipinski definition) is 2. The van der Waals surface area contributed by atoms with Gasteiger partial charge in [0.15, 0.2) is 0 Å². The van der Waals surface area contributed by atoms with E-state index in [0.717, 1.165) is 6.42 Å². The minimum absolute atomic E-state index is 0.489. The van der Waals surface area contributed by atoms with E-state index in [1.54, 1.807) is 0 Å². The van der Waals surface area contributed by atoms with Crippen LogP contribution in [0.1, 0.15) is 38.8 Å². The lowest BCUT2D eigenvalue weighted by molar-refractivity contribution is 0.576. The van der Waals surface area contributed by atoms with Crippen molar-refractivity contribution in [1.82, 2.24) is 5.32 Å². The van der Waals surface area contributed by atoms with Crippen molar-refractivity contribution in [2.45, 2.75) is 43.4 Å². The second-order valence-corrected chi connectivity index (χ2v) is 5.64. The topological polar surface area (TPSA) is 12.0 Å². The van der Waals surface area contributed by atoms with Gasteiger partial charge in [-0.2, -0.15) is 0 Å². The zero-order valence-corrected chi connectivity index (χ0v) is 10.9. The van der Waals surface area contributed by atoms with Crippen LogP contribution in [0.4, 0.5) is 0 Å². The van der Waals surface area contributed by atoms with E-state index >= 15 is 0 Å². The van der Waals surface area contributed by atoms with E-state index in [1.807, 2.05) is 18.8 Å². The van der Waals surface area contributed by atoms with Crippen molar-refractivity contribution in [2.24, 2.45) is 0 Å². The van der Waals surface area contributed by atoms with Crippen LogP contribution in [0.25, 0.3) is 0 Å². The van der Waals surface area contributed by atoms with Crippen LogP contribution in [0, 0.1) is 0 Å². The van der Waals surface area contributed by atoms with Crippen LogP contribution in [-0.2, 0) is 0 Å². The third kappa shape index (κ3) is 3.88. The molecule has 0 heterocycles. The second kappa shape index (κ2) is 6.19. The Morgan fingerprint density at radius 2 is 1.80 bits per heavy atom. The molecule has 1 nitrogen and oxygen atoms in total. The molecular weight excluding hydrogens is 202 g/mol. The fourth-order valence-corrected chi connectivity index (χ4v) is 2.49. The van der Waals surface area contributed by atoms with Crippen molar-refractivity contribution in [2.75, 3.05) is 7.05 Å². The Balaban J connectivity index is 2.71. The molecule has 1 unspecified atom stereocenters.